The fraction of sp³-hybridized carbons (Fsp3) is 0.529. The molecule has 0 fully saturated rings. The SMILES string of the molecule is CC(C)(C)OCCC(NC(=O)CSCc1cccc(Cl)c1)C(=O)O. The lowest BCUT2D eigenvalue weighted by atomic mass is 10.2. The summed E-state index contributed by atoms with van der Waals surface area (Å²) in [6, 6.07) is 6.48. The van der Waals surface area contributed by atoms with Crippen LogP contribution in [0, 0.1) is 0 Å². The summed E-state index contributed by atoms with van der Waals surface area (Å²) in [4.78, 5) is 23.1. The molecule has 1 amide bonds. The summed E-state index contributed by atoms with van der Waals surface area (Å²) in [5.41, 5.74) is 0.688. The molecule has 0 saturated carbocycles. The minimum atomic E-state index is -1.05. The third-order valence-electron chi connectivity index (χ3n) is 2.97. The quantitative estimate of drug-likeness (QED) is 0.694. The highest BCUT2D eigenvalue weighted by molar-refractivity contribution is 7.99. The van der Waals surface area contributed by atoms with Crippen molar-refractivity contribution < 1.29 is 19.4 Å². The second-order valence-electron chi connectivity index (χ2n) is 6.33. The van der Waals surface area contributed by atoms with Crippen LogP contribution in [0.25, 0.3) is 0 Å². The van der Waals surface area contributed by atoms with Crippen LogP contribution >= 0.6 is 23.4 Å². The third-order valence-corrected chi connectivity index (χ3v) is 4.20. The van der Waals surface area contributed by atoms with Crippen molar-refractivity contribution >= 4 is 35.2 Å². The number of aliphatic carboxylic acids is 1. The molecule has 1 atom stereocenters. The van der Waals surface area contributed by atoms with Crippen LogP contribution in [0.2, 0.25) is 5.02 Å². The van der Waals surface area contributed by atoms with Crippen molar-refractivity contribution in [1.29, 1.82) is 0 Å². The van der Waals surface area contributed by atoms with Crippen molar-refractivity contribution in [3.8, 4) is 0 Å². The van der Waals surface area contributed by atoms with Crippen molar-refractivity contribution in [2.75, 3.05) is 12.4 Å². The fourth-order valence-electron chi connectivity index (χ4n) is 1.86. The monoisotopic (exact) mass is 373 g/mol. The van der Waals surface area contributed by atoms with Gasteiger partial charge in [0.1, 0.15) is 6.04 Å². The maximum atomic E-state index is 11.9. The van der Waals surface area contributed by atoms with Crippen molar-refractivity contribution in [1.82, 2.24) is 5.32 Å². The lowest BCUT2D eigenvalue weighted by Crippen LogP contribution is -2.42. The van der Waals surface area contributed by atoms with Crippen LogP contribution in [0.1, 0.15) is 32.8 Å². The van der Waals surface area contributed by atoms with E-state index in [4.69, 9.17) is 16.3 Å². The summed E-state index contributed by atoms with van der Waals surface area (Å²) in [5, 5.41) is 12.4. The van der Waals surface area contributed by atoms with Crippen LogP contribution in [0.4, 0.5) is 0 Å². The minimum absolute atomic E-state index is 0.191. The van der Waals surface area contributed by atoms with Gasteiger partial charge in [0, 0.05) is 23.8 Å². The highest BCUT2D eigenvalue weighted by atomic mass is 35.5. The molecular formula is C17H24ClNO4S. The number of rotatable bonds is 9. The van der Waals surface area contributed by atoms with E-state index in [-0.39, 0.29) is 30.3 Å². The van der Waals surface area contributed by atoms with E-state index in [0.29, 0.717) is 10.8 Å². The predicted molar refractivity (Wildman–Crippen MR) is 97.5 cm³/mol. The van der Waals surface area contributed by atoms with E-state index in [1.165, 1.54) is 11.8 Å². The molecule has 0 saturated heterocycles. The Kier molecular flexibility index (Phi) is 8.59. The Morgan fingerprint density at radius 3 is 2.67 bits per heavy atom. The van der Waals surface area contributed by atoms with E-state index in [0.717, 1.165) is 5.56 Å². The summed E-state index contributed by atoms with van der Waals surface area (Å²) in [7, 11) is 0. The first-order chi connectivity index (χ1) is 11.2. The van der Waals surface area contributed by atoms with E-state index in [1.54, 1.807) is 6.07 Å². The number of carbonyl (C=O) groups is 2. The van der Waals surface area contributed by atoms with Crippen molar-refractivity contribution in [3.63, 3.8) is 0 Å². The number of carbonyl (C=O) groups excluding carboxylic acids is 1. The average molecular weight is 374 g/mol. The molecule has 0 spiro atoms. The van der Waals surface area contributed by atoms with Crippen LogP contribution in [0.5, 0.6) is 0 Å². The Bertz CT molecular complexity index is 560. The Hall–Kier alpha value is -1.24. The normalized spacial score (nSPS) is 12.7. The van der Waals surface area contributed by atoms with E-state index < -0.39 is 12.0 Å². The zero-order chi connectivity index (χ0) is 18.2. The molecule has 134 valence electrons. The largest absolute Gasteiger partial charge is 0.480 e. The van der Waals surface area contributed by atoms with Crippen molar-refractivity contribution in [2.45, 2.75) is 44.6 Å². The molecule has 0 aromatic heterocycles. The zero-order valence-corrected chi connectivity index (χ0v) is 15.7. The van der Waals surface area contributed by atoms with E-state index >= 15 is 0 Å². The second-order valence-corrected chi connectivity index (χ2v) is 7.75. The van der Waals surface area contributed by atoms with Gasteiger partial charge in [-0.3, -0.25) is 4.79 Å². The summed E-state index contributed by atoms with van der Waals surface area (Å²) in [6.45, 7) is 5.96. The van der Waals surface area contributed by atoms with Gasteiger partial charge in [-0.15, -0.1) is 11.8 Å². The van der Waals surface area contributed by atoms with Gasteiger partial charge in [-0.05, 0) is 38.5 Å². The lowest BCUT2D eigenvalue weighted by molar-refractivity contribution is -0.142. The molecule has 2 N–H and O–H groups in total. The molecule has 24 heavy (non-hydrogen) atoms. The Labute approximate surface area is 152 Å². The van der Waals surface area contributed by atoms with Gasteiger partial charge in [0.15, 0.2) is 0 Å². The molecule has 0 radical (unpaired) electrons. The number of hydrogen-bond donors (Lipinski definition) is 2. The first-order valence-corrected chi connectivity index (χ1v) is 9.19. The van der Waals surface area contributed by atoms with Gasteiger partial charge >= 0.3 is 5.97 Å². The van der Waals surface area contributed by atoms with Crippen LogP contribution in [-0.4, -0.2) is 41.0 Å². The number of halogens is 1. The van der Waals surface area contributed by atoms with Crippen molar-refractivity contribution in [2.24, 2.45) is 0 Å². The first-order valence-electron chi connectivity index (χ1n) is 7.66. The summed E-state index contributed by atoms with van der Waals surface area (Å²) in [6.07, 6.45) is 0.233. The standard InChI is InChI=1S/C17H24ClNO4S/c1-17(2,3)23-8-7-14(16(21)22)19-15(20)11-24-10-12-5-4-6-13(18)9-12/h4-6,9,14H,7-8,10-11H2,1-3H3,(H,19,20)(H,21,22). The van der Waals surface area contributed by atoms with Gasteiger partial charge < -0.3 is 15.2 Å². The number of benzene rings is 1. The average Bonchev–Trinajstić information content (AvgIpc) is 2.45. The summed E-state index contributed by atoms with van der Waals surface area (Å²) in [5.74, 6) is -0.527. The first kappa shape index (κ1) is 20.8. The molecule has 1 aromatic carbocycles. The second kappa shape index (κ2) is 9.91. The van der Waals surface area contributed by atoms with Gasteiger partial charge in [-0.1, -0.05) is 23.7 Å². The molecule has 0 aliphatic carbocycles. The van der Waals surface area contributed by atoms with Crippen molar-refractivity contribution in [3.05, 3.63) is 34.9 Å². The predicted octanol–water partition coefficient (Wildman–Crippen LogP) is 3.35. The number of amides is 1. The number of carboxylic acids is 1. The fourth-order valence-corrected chi connectivity index (χ4v) is 2.86. The molecular weight excluding hydrogens is 350 g/mol. The maximum Gasteiger partial charge on any atom is 0.326 e. The topological polar surface area (TPSA) is 75.6 Å². The number of hydrogen-bond acceptors (Lipinski definition) is 4. The summed E-state index contributed by atoms with van der Waals surface area (Å²) < 4.78 is 5.51. The Balaban J connectivity index is 2.35. The number of ether oxygens (including phenoxy) is 1. The van der Waals surface area contributed by atoms with E-state index in [9.17, 15) is 14.7 Å². The third kappa shape index (κ3) is 9.15. The smallest absolute Gasteiger partial charge is 0.326 e. The lowest BCUT2D eigenvalue weighted by Gasteiger charge is -2.21. The molecule has 5 nitrogen and oxygen atoms in total. The molecule has 0 heterocycles. The Morgan fingerprint density at radius 2 is 2.08 bits per heavy atom. The zero-order valence-electron chi connectivity index (χ0n) is 14.2. The molecule has 7 heteroatoms. The van der Waals surface area contributed by atoms with Crippen LogP contribution in [-0.2, 0) is 20.1 Å². The van der Waals surface area contributed by atoms with Crippen LogP contribution < -0.4 is 5.32 Å². The molecule has 1 unspecified atom stereocenters. The molecule has 1 rings (SSSR count). The highest BCUT2D eigenvalue weighted by Gasteiger charge is 2.21. The summed E-state index contributed by atoms with van der Waals surface area (Å²) >= 11 is 7.31. The van der Waals surface area contributed by atoms with Crippen LogP contribution in [0.15, 0.2) is 24.3 Å². The number of nitrogens with one attached hydrogen (secondary N) is 1. The number of carboxylic acid groups (broad SMARTS) is 1. The maximum absolute atomic E-state index is 11.9. The molecule has 0 aliphatic heterocycles. The van der Waals surface area contributed by atoms with Crippen LogP contribution in [0.3, 0.4) is 0 Å². The molecule has 0 aliphatic rings. The number of thioether (sulfide) groups is 1. The van der Waals surface area contributed by atoms with E-state index in [2.05, 4.69) is 5.32 Å². The van der Waals surface area contributed by atoms with Gasteiger partial charge in [0.2, 0.25) is 5.91 Å². The highest BCUT2D eigenvalue weighted by Crippen LogP contribution is 2.16. The van der Waals surface area contributed by atoms with E-state index in [1.807, 2.05) is 39.0 Å². The molecule has 1 aromatic rings. The van der Waals surface area contributed by atoms with Gasteiger partial charge in [0.05, 0.1) is 11.4 Å². The minimum Gasteiger partial charge on any atom is -0.480 e. The molecule has 0 bridgehead atoms. The van der Waals surface area contributed by atoms with Gasteiger partial charge in [-0.2, -0.15) is 0 Å². The van der Waals surface area contributed by atoms with Gasteiger partial charge in [-0.25, -0.2) is 4.79 Å². The van der Waals surface area contributed by atoms with Gasteiger partial charge in [0.25, 0.3) is 0 Å². The Morgan fingerprint density at radius 1 is 1.38 bits per heavy atom.